The molecule has 0 saturated heterocycles. The van der Waals surface area contributed by atoms with Crippen LogP contribution < -0.4 is 0 Å². The van der Waals surface area contributed by atoms with Crippen molar-refractivity contribution in [3.05, 3.63) is 23.0 Å². The van der Waals surface area contributed by atoms with Gasteiger partial charge in [-0.3, -0.25) is 4.79 Å². The minimum atomic E-state index is -0.423. The van der Waals surface area contributed by atoms with E-state index < -0.39 is 5.97 Å². The van der Waals surface area contributed by atoms with Crippen molar-refractivity contribution in [2.24, 2.45) is 7.05 Å². The molecule has 1 aromatic rings. The molecule has 13 heavy (non-hydrogen) atoms. The summed E-state index contributed by atoms with van der Waals surface area (Å²) in [7, 11) is 2.97. The largest absolute Gasteiger partial charge is 0.464 e. The van der Waals surface area contributed by atoms with Crippen LogP contribution in [-0.4, -0.2) is 23.9 Å². The van der Waals surface area contributed by atoms with E-state index in [-0.39, 0.29) is 0 Å². The number of aryl methyl sites for hydroxylation is 1. The fourth-order valence-electron chi connectivity index (χ4n) is 1.29. The Morgan fingerprint density at radius 2 is 2.23 bits per heavy atom. The Bertz CT molecular complexity index is 352. The van der Waals surface area contributed by atoms with E-state index in [1.165, 1.54) is 11.7 Å². The number of aromatic nitrogens is 1. The van der Waals surface area contributed by atoms with Crippen LogP contribution in [0.15, 0.2) is 6.07 Å². The van der Waals surface area contributed by atoms with Gasteiger partial charge in [0.25, 0.3) is 0 Å². The average Bonchev–Trinajstić information content (AvgIpc) is 2.40. The van der Waals surface area contributed by atoms with Crippen molar-refractivity contribution in [2.75, 3.05) is 7.11 Å². The lowest BCUT2D eigenvalue weighted by Crippen LogP contribution is -2.10. The Hall–Kier alpha value is -1.58. The van der Waals surface area contributed by atoms with Gasteiger partial charge in [0, 0.05) is 7.05 Å². The molecule has 0 aliphatic heterocycles. The molecule has 0 atom stereocenters. The Labute approximate surface area is 76.1 Å². The summed E-state index contributed by atoms with van der Waals surface area (Å²) in [6.07, 6.45) is 0.708. The van der Waals surface area contributed by atoms with E-state index in [1.807, 2.05) is 0 Å². The van der Waals surface area contributed by atoms with Gasteiger partial charge in [0.05, 0.1) is 12.8 Å². The molecule has 0 amide bonds. The number of methoxy groups -OCH3 is 1. The van der Waals surface area contributed by atoms with Gasteiger partial charge in [-0.2, -0.15) is 0 Å². The van der Waals surface area contributed by atoms with Gasteiger partial charge in [-0.25, -0.2) is 4.79 Å². The Morgan fingerprint density at radius 3 is 2.62 bits per heavy atom. The van der Waals surface area contributed by atoms with Crippen molar-refractivity contribution in [1.82, 2.24) is 4.57 Å². The molecule has 0 N–H and O–H groups in total. The van der Waals surface area contributed by atoms with Gasteiger partial charge in [0.2, 0.25) is 0 Å². The lowest BCUT2D eigenvalue weighted by Gasteiger charge is -2.02. The highest BCUT2D eigenvalue weighted by molar-refractivity contribution is 5.91. The Kier molecular flexibility index (Phi) is 2.51. The normalized spacial score (nSPS) is 9.77. The summed E-state index contributed by atoms with van der Waals surface area (Å²) in [5.74, 6) is -0.423. The first-order valence-electron chi connectivity index (χ1n) is 3.81. The Morgan fingerprint density at radius 1 is 1.62 bits per heavy atom. The van der Waals surface area contributed by atoms with E-state index in [1.54, 1.807) is 20.0 Å². The molecule has 0 spiro atoms. The van der Waals surface area contributed by atoms with Crippen molar-refractivity contribution >= 4 is 12.3 Å². The predicted octanol–water partition coefficient (Wildman–Crippen LogP) is 0.933. The Balaban J connectivity index is 3.28. The van der Waals surface area contributed by atoms with Gasteiger partial charge in [0.15, 0.2) is 6.29 Å². The number of carbonyl (C=O) groups is 2. The van der Waals surface area contributed by atoms with Gasteiger partial charge in [-0.1, -0.05) is 0 Å². The quantitative estimate of drug-likeness (QED) is 0.503. The minimum absolute atomic E-state index is 0.421. The van der Waals surface area contributed by atoms with Crippen LogP contribution >= 0.6 is 0 Å². The molecule has 1 heterocycles. The molecular weight excluding hydrogens is 170 g/mol. The molecule has 1 aromatic heterocycles. The zero-order chi connectivity index (χ0) is 10.0. The van der Waals surface area contributed by atoms with Crippen molar-refractivity contribution in [3.63, 3.8) is 0 Å². The number of ether oxygens (including phenoxy) is 1. The lowest BCUT2D eigenvalue weighted by molar-refractivity contribution is 0.0589. The molecule has 0 aliphatic rings. The molecule has 1 rings (SSSR count). The van der Waals surface area contributed by atoms with Gasteiger partial charge in [-0.15, -0.1) is 0 Å². The maximum Gasteiger partial charge on any atom is 0.354 e. The number of hydrogen-bond acceptors (Lipinski definition) is 3. The van der Waals surface area contributed by atoms with Crippen LogP contribution in [0.25, 0.3) is 0 Å². The van der Waals surface area contributed by atoms with Crippen molar-refractivity contribution in [3.8, 4) is 0 Å². The maximum atomic E-state index is 11.2. The van der Waals surface area contributed by atoms with Crippen LogP contribution in [0.3, 0.4) is 0 Å². The van der Waals surface area contributed by atoms with E-state index in [0.717, 1.165) is 5.56 Å². The second-order valence-electron chi connectivity index (χ2n) is 2.77. The van der Waals surface area contributed by atoms with Crippen LogP contribution in [0, 0.1) is 6.92 Å². The number of carbonyl (C=O) groups excluding carboxylic acids is 2. The third kappa shape index (κ3) is 1.47. The van der Waals surface area contributed by atoms with Gasteiger partial charge in [0.1, 0.15) is 5.69 Å². The second-order valence-corrected chi connectivity index (χ2v) is 2.77. The summed E-state index contributed by atoms with van der Waals surface area (Å²) in [5.41, 5.74) is 1.64. The maximum absolute atomic E-state index is 11.2. The number of rotatable bonds is 2. The molecule has 4 heteroatoms. The van der Waals surface area contributed by atoms with Crippen molar-refractivity contribution < 1.29 is 14.3 Å². The minimum Gasteiger partial charge on any atom is -0.464 e. The summed E-state index contributed by atoms with van der Waals surface area (Å²) in [5, 5.41) is 0. The van der Waals surface area contributed by atoms with Gasteiger partial charge in [-0.05, 0) is 18.6 Å². The molecule has 0 radical (unpaired) electrons. The molecule has 0 aromatic carbocycles. The molecule has 0 saturated carbocycles. The lowest BCUT2D eigenvalue weighted by atomic mass is 10.2. The van der Waals surface area contributed by atoms with E-state index in [4.69, 9.17) is 0 Å². The molecule has 0 unspecified atom stereocenters. The first-order chi connectivity index (χ1) is 6.11. The second kappa shape index (κ2) is 3.43. The SMILES string of the molecule is COC(=O)c1c(C)cc(C=O)n1C. The first kappa shape index (κ1) is 9.51. The van der Waals surface area contributed by atoms with E-state index in [9.17, 15) is 9.59 Å². The van der Waals surface area contributed by atoms with Gasteiger partial charge < -0.3 is 9.30 Å². The number of aldehydes is 1. The van der Waals surface area contributed by atoms with Crippen molar-refractivity contribution in [1.29, 1.82) is 0 Å². The van der Waals surface area contributed by atoms with E-state index in [0.29, 0.717) is 17.7 Å². The summed E-state index contributed by atoms with van der Waals surface area (Å²) in [4.78, 5) is 21.8. The molecule has 4 nitrogen and oxygen atoms in total. The number of hydrogen-bond donors (Lipinski definition) is 0. The zero-order valence-electron chi connectivity index (χ0n) is 7.83. The van der Waals surface area contributed by atoms with E-state index >= 15 is 0 Å². The van der Waals surface area contributed by atoms with E-state index in [2.05, 4.69) is 4.74 Å². The van der Waals surface area contributed by atoms with Crippen LogP contribution in [0.5, 0.6) is 0 Å². The standard InChI is InChI=1S/C9H11NO3/c1-6-4-7(5-11)10(2)8(6)9(12)13-3/h4-5H,1-3H3. The third-order valence-corrected chi connectivity index (χ3v) is 1.96. The molecule has 0 fully saturated rings. The smallest absolute Gasteiger partial charge is 0.354 e. The monoisotopic (exact) mass is 181 g/mol. The topological polar surface area (TPSA) is 48.3 Å². The van der Waals surface area contributed by atoms with Crippen LogP contribution in [0.4, 0.5) is 0 Å². The fourth-order valence-corrected chi connectivity index (χ4v) is 1.29. The molecule has 0 bridgehead atoms. The van der Waals surface area contributed by atoms with Gasteiger partial charge >= 0.3 is 5.97 Å². The van der Waals surface area contributed by atoms with Crippen LogP contribution in [0.1, 0.15) is 26.5 Å². The highest BCUT2D eigenvalue weighted by Gasteiger charge is 2.16. The summed E-state index contributed by atoms with van der Waals surface area (Å²) < 4.78 is 6.10. The highest BCUT2D eigenvalue weighted by atomic mass is 16.5. The van der Waals surface area contributed by atoms with Crippen LogP contribution in [0.2, 0.25) is 0 Å². The number of esters is 1. The van der Waals surface area contributed by atoms with Crippen LogP contribution in [-0.2, 0) is 11.8 Å². The fraction of sp³-hybridized carbons (Fsp3) is 0.333. The van der Waals surface area contributed by atoms with Crippen molar-refractivity contribution in [2.45, 2.75) is 6.92 Å². The molecular formula is C9H11NO3. The third-order valence-electron chi connectivity index (χ3n) is 1.96. The summed E-state index contributed by atoms with van der Waals surface area (Å²) >= 11 is 0. The summed E-state index contributed by atoms with van der Waals surface area (Å²) in [6, 6.07) is 1.65. The number of nitrogens with zero attached hydrogens (tertiary/aromatic N) is 1. The summed E-state index contributed by atoms with van der Waals surface area (Å²) in [6.45, 7) is 1.76. The first-order valence-corrected chi connectivity index (χ1v) is 3.81. The highest BCUT2D eigenvalue weighted by Crippen LogP contribution is 2.13. The zero-order valence-corrected chi connectivity index (χ0v) is 7.83. The average molecular weight is 181 g/mol. The molecule has 70 valence electrons. The molecule has 0 aliphatic carbocycles. The predicted molar refractivity (Wildman–Crippen MR) is 46.9 cm³/mol.